The normalized spacial score (nSPS) is 11.4. The monoisotopic (exact) mass is 743 g/mol. The Balaban J connectivity index is 1.15. The van der Waals surface area contributed by atoms with E-state index in [4.69, 9.17) is 4.42 Å². The van der Waals surface area contributed by atoms with Gasteiger partial charge in [0.15, 0.2) is 0 Å². The summed E-state index contributed by atoms with van der Waals surface area (Å²) in [5.74, 6) is 0. The van der Waals surface area contributed by atoms with Gasteiger partial charge in [0.1, 0.15) is 11.2 Å². The molecule has 2 aromatic heterocycles. The molecule has 0 radical (unpaired) electrons. The van der Waals surface area contributed by atoms with E-state index >= 15 is 0 Å². The molecule has 0 N–H and O–H groups in total. The summed E-state index contributed by atoms with van der Waals surface area (Å²) in [6.45, 7) is 0. The van der Waals surface area contributed by atoms with E-state index < -0.39 is 0 Å². The molecule has 0 aliphatic carbocycles. The van der Waals surface area contributed by atoms with E-state index in [1.165, 1.54) is 5.39 Å². The summed E-state index contributed by atoms with van der Waals surface area (Å²) in [5.41, 5.74) is 13.8. The lowest BCUT2D eigenvalue weighted by Crippen LogP contribution is -2.13. The number of benzene rings is 9. The molecule has 11 rings (SSSR count). The highest BCUT2D eigenvalue weighted by atomic mass is 16.3. The Bertz CT molecular complexity index is 3040. The highest BCUT2D eigenvalue weighted by molar-refractivity contribution is 6.23. The van der Waals surface area contributed by atoms with Gasteiger partial charge in [-0.3, -0.25) is 0 Å². The van der Waals surface area contributed by atoms with Crippen LogP contribution in [0.15, 0.2) is 229 Å². The number of anilines is 6. The van der Waals surface area contributed by atoms with Crippen LogP contribution in [0.25, 0.3) is 60.6 Å². The van der Waals surface area contributed by atoms with Crippen molar-refractivity contribution in [3.63, 3.8) is 0 Å². The zero-order valence-corrected chi connectivity index (χ0v) is 31.6. The second kappa shape index (κ2) is 14.0. The van der Waals surface area contributed by atoms with Crippen LogP contribution in [0.1, 0.15) is 0 Å². The second-order valence-corrected chi connectivity index (χ2v) is 14.6. The fraction of sp³-hybridized carbons (Fsp3) is 0. The first-order valence-electron chi connectivity index (χ1n) is 19.7. The minimum absolute atomic E-state index is 0.902. The summed E-state index contributed by atoms with van der Waals surface area (Å²) in [5, 5.41) is 4.56. The molecule has 0 aliphatic rings. The van der Waals surface area contributed by atoms with E-state index in [2.05, 4.69) is 233 Å². The van der Waals surface area contributed by atoms with E-state index in [9.17, 15) is 0 Å². The smallest absolute Gasteiger partial charge is 0.145 e. The Morgan fingerprint density at radius 3 is 1.43 bits per heavy atom. The molecule has 0 unspecified atom stereocenters. The van der Waals surface area contributed by atoms with Gasteiger partial charge in [0, 0.05) is 56.0 Å². The maximum absolute atomic E-state index is 6.61. The molecule has 9 aromatic carbocycles. The molecule has 4 heteroatoms. The van der Waals surface area contributed by atoms with Gasteiger partial charge in [-0.25, -0.2) is 0 Å². The third kappa shape index (κ3) is 5.70. The molecule has 0 spiro atoms. The minimum Gasteiger partial charge on any atom is -0.455 e. The van der Waals surface area contributed by atoms with E-state index in [0.29, 0.717) is 0 Å². The highest BCUT2D eigenvalue weighted by Gasteiger charge is 2.21. The number of hydrogen-bond acceptors (Lipinski definition) is 3. The lowest BCUT2D eigenvalue weighted by Gasteiger charge is -2.30. The Morgan fingerprint density at radius 2 is 0.845 bits per heavy atom. The molecule has 0 fully saturated rings. The predicted octanol–water partition coefficient (Wildman–Crippen LogP) is 15.3. The topological polar surface area (TPSA) is 24.6 Å². The lowest BCUT2D eigenvalue weighted by atomic mass is 10.0. The molecule has 0 saturated heterocycles. The Kier molecular flexibility index (Phi) is 8.11. The zero-order valence-electron chi connectivity index (χ0n) is 31.6. The van der Waals surface area contributed by atoms with Gasteiger partial charge < -0.3 is 18.8 Å². The van der Waals surface area contributed by atoms with Crippen LogP contribution in [0.3, 0.4) is 0 Å². The Labute approximate surface area is 336 Å². The van der Waals surface area contributed by atoms with Crippen LogP contribution in [0.4, 0.5) is 34.1 Å². The van der Waals surface area contributed by atoms with Gasteiger partial charge in [0.05, 0.1) is 16.4 Å². The maximum atomic E-state index is 6.61. The van der Waals surface area contributed by atoms with Crippen molar-refractivity contribution < 1.29 is 4.42 Å². The quantitative estimate of drug-likeness (QED) is 0.155. The fourth-order valence-electron chi connectivity index (χ4n) is 8.56. The van der Waals surface area contributed by atoms with E-state index in [0.717, 1.165) is 89.3 Å². The first-order valence-corrected chi connectivity index (χ1v) is 19.7. The summed E-state index contributed by atoms with van der Waals surface area (Å²) >= 11 is 0. The summed E-state index contributed by atoms with van der Waals surface area (Å²) in [4.78, 5) is 4.69. The maximum Gasteiger partial charge on any atom is 0.145 e. The van der Waals surface area contributed by atoms with Gasteiger partial charge in [-0.15, -0.1) is 0 Å². The van der Waals surface area contributed by atoms with Crippen LogP contribution in [0, 0.1) is 0 Å². The SMILES string of the molecule is c1ccc(N(c2ccccc2)c2cc(-c3cccc(-n4c5ccccc5c5c6oc7ccccc7c6ccc54)c3)cc(N(c3ccccc3)c3ccccc3)c2)cc1. The van der Waals surface area contributed by atoms with E-state index in [1.54, 1.807) is 0 Å². The van der Waals surface area contributed by atoms with Crippen molar-refractivity contribution >= 4 is 77.9 Å². The molecule has 274 valence electrons. The fourth-order valence-corrected chi connectivity index (χ4v) is 8.56. The van der Waals surface area contributed by atoms with Crippen LogP contribution >= 0.6 is 0 Å². The molecule has 11 aromatic rings. The largest absolute Gasteiger partial charge is 0.455 e. The number of aromatic nitrogens is 1. The standard InChI is InChI=1S/C54H37N3O/c1-5-19-40(20-6-1)55(41-21-7-2-8-22-41)45-35-39(36-46(37-45)56(42-23-9-3-10-24-42)43-25-11-4-12-26-43)38-18-17-27-44(34-38)57-50-30-15-13-29-49(50)53-51(57)33-32-48-47-28-14-16-31-52(47)58-54(48)53/h1-37H. The summed E-state index contributed by atoms with van der Waals surface area (Å²) in [7, 11) is 0. The van der Waals surface area contributed by atoms with E-state index in [-0.39, 0.29) is 0 Å². The third-order valence-electron chi connectivity index (χ3n) is 11.1. The van der Waals surface area contributed by atoms with Crippen LogP contribution in [0.5, 0.6) is 0 Å². The molecule has 0 aliphatic heterocycles. The summed E-state index contributed by atoms with van der Waals surface area (Å²) < 4.78 is 8.99. The van der Waals surface area contributed by atoms with Crippen LogP contribution in [0.2, 0.25) is 0 Å². The van der Waals surface area contributed by atoms with Gasteiger partial charge in [0.2, 0.25) is 0 Å². The lowest BCUT2D eigenvalue weighted by molar-refractivity contribution is 0.673. The van der Waals surface area contributed by atoms with E-state index in [1.807, 2.05) is 6.07 Å². The summed E-state index contributed by atoms with van der Waals surface area (Å²) in [6.07, 6.45) is 0. The third-order valence-corrected chi connectivity index (χ3v) is 11.1. The van der Waals surface area contributed by atoms with Gasteiger partial charge in [-0.2, -0.15) is 0 Å². The van der Waals surface area contributed by atoms with Crippen molar-refractivity contribution in [2.45, 2.75) is 0 Å². The molecule has 0 amide bonds. The zero-order chi connectivity index (χ0) is 38.4. The molecular weight excluding hydrogens is 707 g/mol. The summed E-state index contributed by atoms with van der Waals surface area (Å²) in [6, 6.07) is 79.8. The number of rotatable bonds is 8. The molecule has 0 atom stereocenters. The van der Waals surface area contributed by atoms with Crippen molar-refractivity contribution in [2.75, 3.05) is 9.80 Å². The van der Waals surface area contributed by atoms with Crippen molar-refractivity contribution in [3.8, 4) is 16.8 Å². The van der Waals surface area contributed by atoms with Gasteiger partial charge in [0.25, 0.3) is 0 Å². The van der Waals surface area contributed by atoms with Crippen LogP contribution in [-0.2, 0) is 0 Å². The molecule has 58 heavy (non-hydrogen) atoms. The number of para-hydroxylation sites is 6. The predicted molar refractivity (Wildman–Crippen MR) is 243 cm³/mol. The van der Waals surface area contributed by atoms with Crippen LogP contribution in [-0.4, -0.2) is 4.57 Å². The van der Waals surface area contributed by atoms with Crippen molar-refractivity contribution in [1.29, 1.82) is 0 Å². The van der Waals surface area contributed by atoms with Gasteiger partial charge >= 0.3 is 0 Å². The van der Waals surface area contributed by atoms with Gasteiger partial charge in [-0.1, -0.05) is 121 Å². The average Bonchev–Trinajstić information content (AvgIpc) is 3.84. The number of furan rings is 1. The molecule has 0 saturated carbocycles. The molecule has 2 heterocycles. The first kappa shape index (κ1) is 33.5. The molecular formula is C54H37N3O. The number of nitrogens with zero attached hydrogens (tertiary/aromatic N) is 3. The molecule has 4 nitrogen and oxygen atoms in total. The number of hydrogen-bond donors (Lipinski definition) is 0. The first-order chi connectivity index (χ1) is 28.8. The highest BCUT2D eigenvalue weighted by Crippen LogP contribution is 2.44. The molecule has 0 bridgehead atoms. The number of fused-ring (bicyclic) bond motifs is 7. The Hall–Kier alpha value is -7.82. The van der Waals surface area contributed by atoms with Gasteiger partial charge in [-0.05, 0) is 114 Å². The average molecular weight is 744 g/mol. The van der Waals surface area contributed by atoms with Crippen molar-refractivity contribution in [2.24, 2.45) is 0 Å². The second-order valence-electron chi connectivity index (χ2n) is 14.6. The van der Waals surface area contributed by atoms with Crippen molar-refractivity contribution in [1.82, 2.24) is 4.57 Å². The minimum atomic E-state index is 0.902. The van der Waals surface area contributed by atoms with Crippen molar-refractivity contribution in [3.05, 3.63) is 224 Å². The Morgan fingerprint density at radius 1 is 0.328 bits per heavy atom. The van der Waals surface area contributed by atoms with Crippen LogP contribution < -0.4 is 9.80 Å².